The minimum Gasteiger partial charge on any atom is -0.344 e. The van der Waals surface area contributed by atoms with Crippen molar-refractivity contribution in [3.63, 3.8) is 0 Å². The lowest BCUT2D eigenvalue weighted by Crippen LogP contribution is -2.15. The lowest BCUT2D eigenvalue weighted by atomic mass is 10.4. The second-order valence-electron chi connectivity index (χ2n) is 4.54. The first kappa shape index (κ1) is 12.0. The van der Waals surface area contributed by atoms with Crippen molar-refractivity contribution in [1.82, 2.24) is 15.3 Å². The first-order chi connectivity index (χ1) is 7.78. The molecule has 1 aliphatic carbocycles. The summed E-state index contributed by atoms with van der Waals surface area (Å²) in [5.74, 6) is 2.11. The fourth-order valence-electron chi connectivity index (χ4n) is 1.45. The topological polar surface area (TPSA) is 40.7 Å². The van der Waals surface area contributed by atoms with Gasteiger partial charge in [-0.05, 0) is 19.3 Å². The van der Waals surface area contributed by atoms with Gasteiger partial charge < -0.3 is 10.3 Å². The largest absolute Gasteiger partial charge is 0.344 e. The average Bonchev–Trinajstić information content (AvgIpc) is 3.02. The molecule has 16 heavy (non-hydrogen) atoms. The second kappa shape index (κ2) is 5.73. The van der Waals surface area contributed by atoms with Gasteiger partial charge in [-0.3, -0.25) is 0 Å². The highest BCUT2D eigenvalue weighted by Gasteiger charge is 2.20. The molecule has 1 unspecified atom stereocenters. The van der Waals surface area contributed by atoms with Crippen LogP contribution < -0.4 is 5.32 Å². The van der Waals surface area contributed by atoms with Gasteiger partial charge in [-0.1, -0.05) is 13.8 Å². The monoisotopic (exact) mass is 239 g/mol. The van der Waals surface area contributed by atoms with E-state index < -0.39 is 0 Å². The molecule has 90 valence electrons. The van der Waals surface area contributed by atoms with Gasteiger partial charge in [0.2, 0.25) is 0 Å². The number of rotatable bonds is 7. The van der Waals surface area contributed by atoms with E-state index in [-0.39, 0.29) is 0 Å². The van der Waals surface area contributed by atoms with E-state index in [0.29, 0.717) is 0 Å². The number of aromatic nitrogens is 2. The van der Waals surface area contributed by atoms with Crippen LogP contribution in [0.4, 0.5) is 0 Å². The lowest BCUT2D eigenvalue weighted by Gasteiger charge is -2.05. The molecule has 1 aromatic rings. The molecule has 1 atom stereocenters. The third-order valence-electron chi connectivity index (χ3n) is 2.92. The highest BCUT2D eigenvalue weighted by atomic mass is 32.2. The van der Waals surface area contributed by atoms with Gasteiger partial charge in [0.25, 0.3) is 0 Å². The van der Waals surface area contributed by atoms with E-state index in [4.69, 9.17) is 0 Å². The molecular formula is C12H21N3S. The molecule has 4 heteroatoms. The maximum absolute atomic E-state index is 4.40. The van der Waals surface area contributed by atoms with E-state index in [1.54, 1.807) is 0 Å². The number of aromatic amines is 1. The number of imidazole rings is 1. The molecule has 1 fully saturated rings. The van der Waals surface area contributed by atoms with Crippen LogP contribution in [0.5, 0.6) is 0 Å². The molecule has 1 saturated carbocycles. The van der Waals surface area contributed by atoms with E-state index in [1.807, 2.05) is 18.0 Å². The van der Waals surface area contributed by atoms with Crippen molar-refractivity contribution in [1.29, 1.82) is 0 Å². The molecule has 0 radical (unpaired) electrons. The molecular weight excluding hydrogens is 218 g/mol. The second-order valence-corrected chi connectivity index (χ2v) is 5.97. The molecule has 0 aliphatic heterocycles. The summed E-state index contributed by atoms with van der Waals surface area (Å²) in [5, 5.41) is 4.20. The Kier molecular flexibility index (Phi) is 4.29. The SMILES string of the molecule is CCC(C)SCc1ncc(CNC2CC2)[nH]1. The van der Waals surface area contributed by atoms with Gasteiger partial charge in [0.15, 0.2) is 0 Å². The Bertz CT molecular complexity index is 320. The summed E-state index contributed by atoms with van der Waals surface area (Å²) in [6, 6.07) is 0.765. The Morgan fingerprint density at radius 2 is 2.44 bits per heavy atom. The van der Waals surface area contributed by atoms with Crippen molar-refractivity contribution in [3.05, 3.63) is 17.7 Å². The molecule has 3 nitrogen and oxygen atoms in total. The predicted octanol–water partition coefficient (Wildman–Crippen LogP) is 2.69. The maximum Gasteiger partial charge on any atom is 0.116 e. The highest BCUT2D eigenvalue weighted by molar-refractivity contribution is 7.99. The summed E-state index contributed by atoms with van der Waals surface area (Å²) < 4.78 is 0. The van der Waals surface area contributed by atoms with Crippen LogP contribution in [0.3, 0.4) is 0 Å². The normalized spacial score (nSPS) is 17.6. The Hall–Kier alpha value is -0.480. The number of thioether (sulfide) groups is 1. The summed E-state index contributed by atoms with van der Waals surface area (Å²) in [4.78, 5) is 7.79. The van der Waals surface area contributed by atoms with Crippen molar-refractivity contribution in [3.8, 4) is 0 Å². The smallest absolute Gasteiger partial charge is 0.116 e. The average molecular weight is 239 g/mol. The van der Waals surface area contributed by atoms with Gasteiger partial charge in [-0.2, -0.15) is 11.8 Å². The van der Waals surface area contributed by atoms with Crippen molar-refractivity contribution in [2.75, 3.05) is 0 Å². The van der Waals surface area contributed by atoms with Gasteiger partial charge in [0.05, 0.1) is 5.75 Å². The van der Waals surface area contributed by atoms with Crippen molar-refractivity contribution < 1.29 is 0 Å². The van der Waals surface area contributed by atoms with Crippen LogP contribution in [-0.4, -0.2) is 21.3 Å². The van der Waals surface area contributed by atoms with Gasteiger partial charge in [-0.25, -0.2) is 4.98 Å². The molecule has 1 aromatic heterocycles. The van der Waals surface area contributed by atoms with Crippen LogP contribution in [0.15, 0.2) is 6.20 Å². The van der Waals surface area contributed by atoms with Gasteiger partial charge in [-0.15, -0.1) is 0 Å². The van der Waals surface area contributed by atoms with Crippen LogP contribution in [0.25, 0.3) is 0 Å². The van der Waals surface area contributed by atoms with Gasteiger partial charge in [0, 0.05) is 29.7 Å². The zero-order valence-electron chi connectivity index (χ0n) is 10.1. The van der Waals surface area contributed by atoms with E-state index in [0.717, 1.165) is 29.4 Å². The van der Waals surface area contributed by atoms with Gasteiger partial charge >= 0.3 is 0 Å². The number of nitrogens with zero attached hydrogens (tertiary/aromatic N) is 1. The lowest BCUT2D eigenvalue weighted by molar-refractivity contribution is 0.676. The maximum atomic E-state index is 4.40. The van der Waals surface area contributed by atoms with E-state index in [2.05, 4.69) is 29.1 Å². The fraction of sp³-hybridized carbons (Fsp3) is 0.750. The first-order valence-electron chi connectivity index (χ1n) is 6.15. The Labute approximate surface area is 102 Å². The van der Waals surface area contributed by atoms with Crippen LogP contribution in [0.1, 0.15) is 44.6 Å². The fourth-order valence-corrected chi connectivity index (χ4v) is 2.27. The molecule has 0 bridgehead atoms. The zero-order valence-corrected chi connectivity index (χ0v) is 10.9. The van der Waals surface area contributed by atoms with Crippen LogP contribution >= 0.6 is 11.8 Å². The van der Waals surface area contributed by atoms with Crippen LogP contribution in [0.2, 0.25) is 0 Å². The molecule has 0 aromatic carbocycles. The van der Waals surface area contributed by atoms with Gasteiger partial charge in [0.1, 0.15) is 5.82 Å². The molecule has 0 saturated heterocycles. The van der Waals surface area contributed by atoms with Crippen LogP contribution in [-0.2, 0) is 12.3 Å². The zero-order chi connectivity index (χ0) is 11.4. The molecule has 1 aliphatic rings. The summed E-state index contributed by atoms with van der Waals surface area (Å²) in [7, 11) is 0. The molecule has 1 heterocycles. The Balaban J connectivity index is 1.72. The summed E-state index contributed by atoms with van der Waals surface area (Å²) in [6.07, 6.45) is 5.86. The minimum atomic E-state index is 0.720. The summed E-state index contributed by atoms with van der Waals surface area (Å²) in [6.45, 7) is 5.43. The number of nitrogens with one attached hydrogen (secondary N) is 2. The van der Waals surface area contributed by atoms with Crippen molar-refractivity contribution in [2.24, 2.45) is 0 Å². The first-order valence-corrected chi connectivity index (χ1v) is 7.20. The molecule has 2 rings (SSSR count). The summed E-state index contributed by atoms with van der Waals surface area (Å²) in [5.41, 5.74) is 1.21. The minimum absolute atomic E-state index is 0.720. The molecule has 0 amide bonds. The number of hydrogen-bond acceptors (Lipinski definition) is 3. The third-order valence-corrected chi connectivity index (χ3v) is 4.26. The molecule has 2 N–H and O–H groups in total. The quantitative estimate of drug-likeness (QED) is 0.768. The number of hydrogen-bond donors (Lipinski definition) is 2. The number of H-pyrrole nitrogens is 1. The Morgan fingerprint density at radius 3 is 3.12 bits per heavy atom. The highest BCUT2D eigenvalue weighted by Crippen LogP contribution is 2.20. The third kappa shape index (κ3) is 3.83. The van der Waals surface area contributed by atoms with Crippen LogP contribution in [0, 0.1) is 0 Å². The predicted molar refractivity (Wildman–Crippen MR) is 69.5 cm³/mol. The standard InChI is InChI=1S/C12H21N3S/c1-3-9(2)16-8-12-14-7-11(15-12)6-13-10-4-5-10/h7,9-10,13H,3-6,8H2,1-2H3,(H,14,15). The van der Waals surface area contributed by atoms with Crippen molar-refractivity contribution in [2.45, 2.75) is 56.7 Å². The van der Waals surface area contributed by atoms with Crippen molar-refractivity contribution >= 4 is 11.8 Å². The van der Waals surface area contributed by atoms with E-state index >= 15 is 0 Å². The van der Waals surface area contributed by atoms with E-state index in [9.17, 15) is 0 Å². The summed E-state index contributed by atoms with van der Waals surface area (Å²) >= 11 is 1.97. The molecule has 0 spiro atoms. The van der Waals surface area contributed by atoms with E-state index in [1.165, 1.54) is 25.0 Å². The Morgan fingerprint density at radius 1 is 1.62 bits per heavy atom.